The third-order valence-electron chi connectivity index (χ3n) is 28.5. The van der Waals surface area contributed by atoms with Gasteiger partial charge in [-0.25, -0.2) is 44.9 Å². The first-order chi connectivity index (χ1) is 69.8. The van der Waals surface area contributed by atoms with Gasteiger partial charge in [0, 0.05) is 78.9 Å². The van der Waals surface area contributed by atoms with Crippen LogP contribution in [0.25, 0.3) is 235 Å². The molecule has 4 heterocycles. The molecule has 0 aliphatic heterocycles. The van der Waals surface area contributed by atoms with Crippen LogP contribution in [0.2, 0.25) is 0 Å². The molecule has 664 valence electrons. The van der Waals surface area contributed by atoms with Crippen molar-refractivity contribution in [3.8, 4) is 215 Å². The number of fused-ring (bicyclic) bond motifs is 9. The summed E-state index contributed by atoms with van der Waals surface area (Å²) < 4.78 is 0. The Morgan fingerprint density at radius 3 is 1.04 bits per heavy atom. The van der Waals surface area contributed by atoms with Crippen LogP contribution in [0.15, 0.2) is 443 Å². The van der Waals surface area contributed by atoms with Crippen LogP contribution in [0, 0.1) is 22.7 Å². The number of aromatic nitrogens is 10. The summed E-state index contributed by atoms with van der Waals surface area (Å²) in [6.45, 7) is 6.86. The maximum absolute atomic E-state index is 10.6. The van der Waals surface area contributed by atoms with E-state index >= 15 is 0 Å². The molecule has 0 amide bonds. The SMILES string of the molecule is CC1(C)c2cc(-c3ccc(-c4ccc(-c5nc(-c6ccccc6)nc(-c6ccc(-c7ccc(-c8nc(-c9ccccc9)nc(-c9ccc(-c%10ccc(-c%11cccc%12c%11-c%11ccc(C#N)cc%11C%12(C)Cc%11cccc(-c%12nc(-c%13ccccc%13)nc(-c%13ccc%14ccc(-c%15ccc(-c%16ccncc%16)cc%15)cc%14c%13)n%12)c%11)c%11ccccc%10%11)cc9)n8)cc7)cc6)n5)cc4)c4ccccc34)ccc2-c2c(C#N)cccc21. The monoisotopic (exact) mass is 1810 g/mol. The van der Waals surface area contributed by atoms with E-state index in [1.165, 1.54) is 16.7 Å². The maximum atomic E-state index is 10.6. The van der Waals surface area contributed by atoms with Gasteiger partial charge in [0.1, 0.15) is 0 Å². The largest absolute Gasteiger partial charge is 0.265 e. The van der Waals surface area contributed by atoms with Gasteiger partial charge in [-0.3, -0.25) is 4.98 Å². The van der Waals surface area contributed by atoms with Crippen LogP contribution in [0.1, 0.15) is 59.7 Å². The molecule has 0 spiro atoms. The molecule has 0 N–H and O–H groups in total. The van der Waals surface area contributed by atoms with Crippen molar-refractivity contribution >= 4 is 32.3 Å². The number of rotatable bonds is 18. The molecular formula is C130H84N12. The molecule has 2 aliphatic rings. The van der Waals surface area contributed by atoms with Crippen molar-refractivity contribution in [3.05, 3.63) is 482 Å². The summed E-state index contributed by atoms with van der Waals surface area (Å²) in [5, 5.41) is 27.5. The standard InChI is InChI=1S/C130H84N12/c1-129(2)114-34-18-28-101(79-132)118(114)112-63-61-98(76-116(112)129)105-65-64-103(106-29-13-14-31-108(105)106)88-47-55-95(56-48-88)125-136-120(90-21-7-4-8-22-90)134-123(138-125)93-51-41-82(42-52-93)83-43-53-94(54-44-83)124-135-121(91-23-9-5-10-24-91)137-126(139-124)96-57-49-89(50-58-96)104-66-67-110(109-32-16-15-30-107(104)109)111-33-19-35-115-119(111)113-62-36-81(78-131)73-117(113)130(115,3)77-80-20-17-27-99(72-80)127-140-122(92-25-11-6-12-26-92)141-128(142-127)100-60-46-86-45-59-97(74-102(86)75-100)85-39-37-84(38-40-85)87-68-70-133-71-69-87/h4-76H,77H2,1-3H3. The number of nitriles is 2. The molecule has 142 heavy (non-hydrogen) atoms. The van der Waals surface area contributed by atoms with Crippen LogP contribution in [0.3, 0.4) is 0 Å². The molecule has 1 unspecified atom stereocenters. The number of benzene rings is 19. The van der Waals surface area contributed by atoms with Crippen LogP contribution in [-0.2, 0) is 17.3 Å². The maximum Gasteiger partial charge on any atom is 0.164 e. The second-order valence-electron chi connectivity index (χ2n) is 37.4. The van der Waals surface area contributed by atoms with Crippen molar-refractivity contribution in [2.45, 2.75) is 38.0 Å². The summed E-state index contributed by atoms with van der Waals surface area (Å²) in [7, 11) is 0. The molecule has 19 aromatic carbocycles. The molecular weight excluding hydrogens is 1730 g/mol. The van der Waals surface area contributed by atoms with Crippen molar-refractivity contribution in [3.63, 3.8) is 0 Å². The lowest BCUT2D eigenvalue weighted by molar-refractivity contribution is 0.583. The minimum Gasteiger partial charge on any atom is -0.265 e. The van der Waals surface area contributed by atoms with E-state index < -0.39 is 5.41 Å². The smallest absolute Gasteiger partial charge is 0.164 e. The van der Waals surface area contributed by atoms with Crippen LogP contribution < -0.4 is 0 Å². The van der Waals surface area contributed by atoms with Crippen molar-refractivity contribution in [1.29, 1.82) is 10.5 Å². The molecule has 23 aromatic rings. The topological polar surface area (TPSA) is 176 Å². The van der Waals surface area contributed by atoms with Crippen molar-refractivity contribution < 1.29 is 0 Å². The summed E-state index contributed by atoms with van der Waals surface area (Å²) in [5.74, 6) is 5.16. The van der Waals surface area contributed by atoms with Gasteiger partial charge >= 0.3 is 0 Å². The average Bonchev–Trinajstić information content (AvgIpc) is 1.55. The zero-order valence-electron chi connectivity index (χ0n) is 77.7. The molecule has 0 saturated heterocycles. The predicted octanol–water partition coefficient (Wildman–Crippen LogP) is 31.3. The molecule has 25 rings (SSSR count). The second kappa shape index (κ2) is 35.0. The van der Waals surface area contributed by atoms with Gasteiger partial charge in [0.05, 0.1) is 23.3 Å². The van der Waals surface area contributed by atoms with E-state index in [-0.39, 0.29) is 5.41 Å². The summed E-state index contributed by atoms with van der Waals surface area (Å²) in [6, 6.07) is 156. The fourth-order valence-electron chi connectivity index (χ4n) is 21.3. The van der Waals surface area contributed by atoms with E-state index in [2.05, 4.69) is 347 Å². The van der Waals surface area contributed by atoms with Gasteiger partial charge in [-0.15, -0.1) is 0 Å². The number of pyridine rings is 1. The van der Waals surface area contributed by atoms with Gasteiger partial charge in [-0.1, -0.05) is 397 Å². The highest BCUT2D eigenvalue weighted by atomic mass is 15.1. The Hall–Kier alpha value is -18.9. The lowest BCUT2D eigenvalue weighted by Crippen LogP contribution is -2.24. The van der Waals surface area contributed by atoms with Gasteiger partial charge < -0.3 is 0 Å². The van der Waals surface area contributed by atoms with Gasteiger partial charge in [0.2, 0.25) is 0 Å². The molecule has 0 radical (unpaired) electrons. The van der Waals surface area contributed by atoms with E-state index in [1.54, 1.807) is 0 Å². The fraction of sp³-hybridized carbons (Fsp3) is 0.0462. The van der Waals surface area contributed by atoms with Crippen molar-refractivity contribution in [2.24, 2.45) is 0 Å². The third-order valence-corrected chi connectivity index (χ3v) is 28.5. The molecule has 12 heteroatoms. The lowest BCUT2D eigenvalue weighted by atomic mass is 9.74. The minimum atomic E-state index is -0.559. The first-order valence-corrected chi connectivity index (χ1v) is 47.8. The average molecular weight is 1810 g/mol. The van der Waals surface area contributed by atoms with Crippen molar-refractivity contribution in [2.75, 3.05) is 0 Å². The highest BCUT2D eigenvalue weighted by Crippen LogP contribution is 2.57. The molecule has 0 bridgehead atoms. The summed E-state index contributed by atoms with van der Waals surface area (Å²) >= 11 is 0. The van der Waals surface area contributed by atoms with E-state index in [4.69, 9.17) is 44.9 Å². The first-order valence-electron chi connectivity index (χ1n) is 47.8. The molecule has 4 aromatic heterocycles. The minimum absolute atomic E-state index is 0.256. The highest BCUT2D eigenvalue weighted by molar-refractivity contribution is 6.09. The van der Waals surface area contributed by atoms with Gasteiger partial charge in [-0.2, -0.15) is 10.5 Å². The Morgan fingerprint density at radius 1 is 0.211 bits per heavy atom. The molecule has 0 fully saturated rings. The van der Waals surface area contributed by atoms with E-state index in [9.17, 15) is 10.5 Å². The summed E-state index contributed by atoms with van der Waals surface area (Å²) in [6.07, 6.45) is 4.28. The highest BCUT2D eigenvalue weighted by Gasteiger charge is 2.42. The van der Waals surface area contributed by atoms with Crippen LogP contribution >= 0.6 is 0 Å². The van der Waals surface area contributed by atoms with Crippen LogP contribution in [0.4, 0.5) is 0 Å². The Labute approximate surface area is 821 Å². The normalized spacial score (nSPS) is 13.1. The Bertz CT molecular complexity index is 9070. The van der Waals surface area contributed by atoms with Crippen LogP contribution in [0.5, 0.6) is 0 Å². The number of hydrogen-bond donors (Lipinski definition) is 0. The van der Waals surface area contributed by atoms with Gasteiger partial charge in [-0.05, 0) is 216 Å². The molecule has 12 nitrogen and oxygen atoms in total. The third kappa shape index (κ3) is 15.3. The first kappa shape index (κ1) is 84.8. The Kier molecular flexibility index (Phi) is 20.9. The second-order valence-corrected chi connectivity index (χ2v) is 37.4. The summed E-state index contributed by atoms with van der Waals surface area (Å²) in [4.78, 5) is 51.0. The quantitative estimate of drug-likeness (QED) is 0.0796. The van der Waals surface area contributed by atoms with E-state index in [1.807, 2.05) is 134 Å². The number of nitrogens with zero attached hydrogens (tertiary/aromatic N) is 12. The Morgan fingerprint density at radius 2 is 0.556 bits per heavy atom. The summed E-state index contributed by atoms with van der Waals surface area (Å²) in [5.41, 5.74) is 34.1. The zero-order valence-corrected chi connectivity index (χ0v) is 77.7. The van der Waals surface area contributed by atoms with Gasteiger partial charge in [0.15, 0.2) is 52.4 Å². The van der Waals surface area contributed by atoms with Gasteiger partial charge in [0.25, 0.3) is 0 Å². The van der Waals surface area contributed by atoms with E-state index in [0.717, 1.165) is 194 Å². The molecule has 2 aliphatic carbocycles. The fourth-order valence-corrected chi connectivity index (χ4v) is 21.3. The molecule has 1 atom stereocenters. The van der Waals surface area contributed by atoms with E-state index in [0.29, 0.717) is 70.0 Å². The number of hydrogen-bond acceptors (Lipinski definition) is 12. The Balaban J connectivity index is 0.483. The predicted molar refractivity (Wildman–Crippen MR) is 573 cm³/mol. The van der Waals surface area contributed by atoms with Crippen molar-refractivity contribution in [1.82, 2.24) is 49.8 Å². The molecule has 0 saturated carbocycles. The zero-order chi connectivity index (χ0) is 95.1. The lowest BCUT2D eigenvalue weighted by Gasteiger charge is -2.28. The van der Waals surface area contributed by atoms with Crippen LogP contribution in [-0.4, -0.2) is 49.8 Å².